The molecule has 1 aromatic heterocycles. The molecule has 0 radical (unpaired) electrons. The first kappa shape index (κ1) is 13.5. The van der Waals surface area contributed by atoms with Gasteiger partial charge in [-0.15, -0.1) is 11.8 Å². The van der Waals surface area contributed by atoms with E-state index in [2.05, 4.69) is 4.98 Å². The molecule has 19 heavy (non-hydrogen) atoms. The van der Waals surface area contributed by atoms with Gasteiger partial charge in [0.25, 0.3) is 5.91 Å². The van der Waals surface area contributed by atoms with Crippen molar-refractivity contribution in [2.24, 2.45) is 5.84 Å². The quantitative estimate of drug-likeness (QED) is 0.389. The van der Waals surface area contributed by atoms with E-state index < -0.39 is 5.91 Å². The van der Waals surface area contributed by atoms with Gasteiger partial charge in [-0.1, -0.05) is 12.1 Å². The van der Waals surface area contributed by atoms with Crippen LogP contribution in [0.15, 0.2) is 47.5 Å². The second kappa shape index (κ2) is 6.31. The molecule has 2 aromatic rings. The van der Waals surface area contributed by atoms with Crippen molar-refractivity contribution >= 4 is 17.7 Å². The van der Waals surface area contributed by atoms with Crippen LogP contribution in [0.25, 0.3) is 0 Å². The van der Waals surface area contributed by atoms with Crippen molar-refractivity contribution < 1.29 is 9.18 Å². The van der Waals surface area contributed by atoms with Crippen molar-refractivity contribution in [3.63, 3.8) is 0 Å². The molecule has 0 spiro atoms. The molecule has 0 aliphatic heterocycles. The molecule has 0 aliphatic rings. The maximum atomic E-state index is 12.8. The van der Waals surface area contributed by atoms with Crippen LogP contribution in [0.4, 0.5) is 4.39 Å². The number of nitrogens with zero attached hydrogens (tertiary/aromatic N) is 1. The average molecular weight is 277 g/mol. The van der Waals surface area contributed by atoms with Crippen molar-refractivity contribution in [2.75, 3.05) is 0 Å². The Morgan fingerprint density at radius 3 is 2.74 bits per heavy atom. The molecule has 0 fully saturated rings. The van der Waals surface area contributed by atoms with Gasteiger partial charge in [0.05, 0.1) is 0 Å². The van der Waals surface area contributed by atoms with Crippen LogP contribution in [0, 0.1) is 5.82 Å². The summed E-state index contributed by atoms with van der Waals surface area (Å²) in [5, 5.41) is 0. The van der Waals surface area contributed by atoms with Gasteiger partial charge in [-0.3, -0.25) is 15.2 Å². The Hall–Kier alpha value is -1.92. The number of pyridine rings is 1. The van der Waals surface area contributed by atoms with Crippen LogP contribution < -0.4 is 11.3 Å². The molecule has 6 heteroatoms. The average Bonchev–Trinajstić information content (AvgIpc) is 2.46. The number of thioether (sulfide) groups is 1. The van der Waals surface area contributed by atoms with E-state index in [1.807, 2.05) is 11.5 Å². The molecule has 0 saturated heterocycles. The molecule has 0 saturated carbocycles. The predicted octanol–water partition coefficient (Wildman–Crippen LogP) is 2.12. The third-order valence-electron chi connectivity index (χ3n) is 2.41. The zero-order valence-corrected chi connectivity index (χ0v) is 10.8. The van der Waals surface area contributed by atoms with Gasteiger partial charge in [0.1, 0.15) is 11.5 Å². The van der Waals surface area contributed by atoms with E-state index in [4.69, 9.17) is 5.84 Å². The zero-order valence-electron chi connectivity index (χ0n) is 9.97. The van der Waals surface area contributed by atoms with E-state index in [1.54, 1.807) is 24.4 Å². The molecule has 4 nitrogen and oxygen atoms in total. The number of amides is 1. The number of hydrogen-bond acceptors (Lipinski definition) is 4. The minimum atomic E-state index is -0.427. The lowest BCUT2D eigenvalue weighted by Crippen LogP contribution is -2.30. The molecule has 1 aromatic carbocycles. The van der Waals surface area contributed by atoms with Crippen LogP contribution in [0.2, 0.25) is 0 Å². The topological polar surface area (TPSA) is 68.0 Å². The third kappa shape index (κ3) is 3.77. The van der Waals surface area contributed by atoms with Crippen molar-refractivity contribution in [1.29, 1.82) is 0 Å². The number of hydrogen-bond donors (Lipinski definition) is 2. The molecule has 3 N–H and O–H groups in total. The van der Waals surface area contributed by atoms with Crippen LogP contribution in [0.5, 0.6) is 0 Å². The number of nitrogen functional groups attached to an aromatic ring is 1. The Morgan fingerprint density at radius 2 is 2.05 bits per heavy atom. The van der Waals surface area contributed by atoms with E-state index in [-0.39, 0.29) is 11.5 Å². The van der Waals surface area contributed by atoms with E-state index in [0.717, 1.165) is 10.5 Å². The highest BCUT2D eigenvalue weighted by Crippen LogP contribution is 2.22. The maximum absolute atomic E-state index is 12.8. The number of carbonyl (C=O) groups excluding carboxylic acids is 1. The fourth-order valence-electron chi connectivity index (χ4n) is 1.45. The van der Waals surface area contributed by atoms with Crippen LogP contribution in [0.3, 0.4) is 0 Å². The summed E-state index contributed by atoms with van der Waals surface area (Å²) in [6.07, 6.45) is 1.55. The molecular weight excluding hydrogens is 265 g/mol. The van der Waals surface area contributed by atoms with E-state index in [1.165, 1.54) is 23.9 Å². The molecule has 1 heterocycles. The molecule has 1 amide bonds. The second-order valence-corrected chi connectivity index (χ2v) is 4.81. The summed E-state index contributed by atoms with van der Waals surface area (Å²) in [5.74, 6) is 5.06. The van der Waals surface area contributed by atoms with Crippen LogP contribution >= 0.6 is 11.8 Å². The first-order chi connectivity index (χ1) is 9.19. The van der Waals surface area contributed by atoms with Crippen LogP contribution in [-0.2, 0) is 5.75 Å². The number of halogens is 1. The van der Waals surface area contributed by atoms with Gasteiger partial charge < -0.3 is 0 Å². The third-order valence-corrected chi connectivity index (χ3v) is 3.48. The summed E-state index contributed by atoms with van der Waals surface area (Å²) in [4.78, 5) is 16.2. The van der Waals surface area contributed by atoms with Gasteiger partial charge in [0.15, 0.2) is 0 Å². The summed E-state index contributed by atoms with van der Waals surface area (Å²) >= 11 is 1.54. The Balaban J connectivity index is 2.03. The highest BCUT2D eigenvalue weighted by molar-refractivity contribution is 7.98. The summed E-state index contributed by atoms with van der Waals surface area (Å²) in [6.45, 7) is 0. The SMILES string of the molecule is NNC(=O)c1cc(SCc2ccc(F)cc2)ccn1. The molecular formula is C13H12FN3OS. The molecule has 0 aliphatic carbocycles. The van der Waals surface area contributed by atoms with Crippen molar-refractivity contribution in [1.82, 2.24) is 10.4 Å². The summed E-state index contributed by atoms with van der Waals surface area (Å²) in [6, 6.07) is 9.79. The molecule has 0 atom stereocenters. The van der Waals surface area contributed by atoms with Gasteiger partial charge in [-0.25, -0.2) is 10.2 Å². The molecule has 98 valence electrons. The van der Waals surface area contributed by atoms with Crippen LogP contribution in [0.1, 0.15) is 16.1 Å². The molecule has 0 unspecified atom stereocenters. The smallest absolute Gasteiger partial charge is 0.283 e. The van der Waals surface area contributed by atoms with E-state index in [9.17, 15) is 9.18 Å². The lowest BCUT2D eigenvalue weighted by molar-refractivity contribution is 0.0948. The monoisotopic (exact) mass is 277 g/mol. The minimum Gasteiger partial charge on any atom is -0.289 e. The first-order valence-corrected chi connectivity index (χ1v) is 6.52. The number of nitrogens with one attached hydrogen (secondary N) is 1. The lowest BCUT2D eigenvalue weighted by atomic mass is 10.2. The number of nitrogens with two attached hydrogens (primary N) is 1. The fraction of sp³-hybridized carbons (Fsp3) is 0.0769. The molecule has 0 bridgehead atoms. The second-order valence-electron chi connectivity index (χ2n) is 3.77. The summed E-state index contributed by atoms with van der Waals surface area (Å²) in [7, 11) is 0. The molecule has 2 rings (SSSR count). The number of aromatic nitrogens is 1. The summed E-state index contributed by atoms with van der Waals surface area (Å²) < 4.78 is 12.8. The van der Waals surface area contributed by atoms with E-state index >= 15 is 0 Å². The number of carbonyl (C=O) groups is 1. The van der Waals surface area contributed by atoms with Gasteiger partial charge in [0.2, 0.25) is 0 Å². The van der Waals surface area contributed by atoms with Crippen LogP contribution in [-0.4, -0.2) is 10.9 Å². The highest BCUT2D eigenvalue weighted by atomic mass is 32.2. The Bertz CT molecular complexity index is 574. The fourth-order valence-corrected chi connectivity index (χ4v) is 2.32. The predicted molar refractivity (Wildman–Crippen MR) is 71.9 cm³/mol. The lowest BCUT2D eigenvalue weighted by Gasteiger charge is -2.04. The Morgan fingerprint density at radius 1 is 1.32 bits per heavy atom. The maximum Gasteiger partial charge on any atom is 0.283 e. The normalized spacial score (nSPS) is 10.2. The van der Waals surface area contributed by atoms with Gasteiger partial charge >= 0.3 is 0 Å². The van der Waals surface area contributed by atoms with Gasteiger partial charge in [-0.2, -0.15) is 0 Å². The highest BCUT2D eigenvalue weighted by Gasteiger charge is 2.06. The number of rotatable bonds is 4. The van der Waals surface area contributed by atoms with Gasteiger partial charge in [-0.05, 0) is 29.8 Å². The number of hydrazine groups is 1. The zero-order chi connectivity index (χ0) is 13.7. The van der Waals surface area contributed by atoms with Crippen molar-refractivity contribution in [2.45, 2.75) is 10.6 Å². The van der Waals surface area contributed by atoms with Crippen molar-refractivity contribution in [3.05, 3.63) is 59.7 Å². The Kier molecular flexibility index (Phi) is 4.48. The Labute approximate surface area is 114 Å². The number of benzene rings is 1. The first-order valence-electron chi connectivity index (χ1n) is 5.53. The largest absolute Gasteiger partial charge is 0.289 e. The standard InChI is InChI=1S/C13H12FN3OS/c14-10-3-1-9(2-4-10)8-19-11-5-6-16-12(7-11)13(18)17-15/h1-7H,8,15H2,(H,17,18). The van der Waals surface area contributed by atoms with Crippen molar-refractivity contribution in [3.8, 4) is 0 Å². The van der Waals surface area contributed by atoms with Gasteiger partial charge in [0, 0.05) is 16.8 Å². The minimum absolute atomic E-state index is 0.250. The summed E-state index contributed by atoms with van der Waals surface area (Å²) in [5.41, 5.74) is 3.31. The van der Waals surface area contributed by atoms with E-state index in [0.29, 0.717) is 5.75 Å².